The van der Waals surface area contributed by atoms with E-state index >= 15 is 0 Å². The molecule has 0 aliphatic heterocycles. The van der Waals surface area contributed by atoms with E-state index in [0.29, 0.717) is 10.1 Å². The SMILES string of the molecule is CC(=O)Nc1nnc(S(=O)(=O)Nc2nnc(SCc3ccccc3)s2)s1. The van der Waals surface area contributed by atoms with Crippen LogP contribution in [0.1, 0.15) is 12.5 Å². The van der Waals surface area contributed by atoms with Gasteiger partial charge in [-0.2, -0.15) is 8.42 Å². The first-order valence-corrected chi connectivity index (χ1v) is 11.2. The molecule has 13 heteroatoms. The molecule has 0 radical (unpaired) electrons. The van der Waals surface area contributed by atoms with E-state index in [4.69, 9.17) is 0 Å². The van der Waals surface area contributed by atoms with Crippen LogP contribution in [-0.2, 0) is 20.6 Å². The van der Waals surface area contributed by atoms with Crippen LogP contribution < -0.4 is 10.0 Å². The zero-order chi connectivity index (χ0) is 18.6. The summed E-state index contributed by atoms with van der Waals surface area (Å²) in [6.07, 6.45) is 0. The number of hydrogen-bond donors (Lipinski definition) is 2. The number of thioether (sulfide) groups is 1. The van der Waals surface area contributed by atoms with Crippen LogP contribution in [0.15, 0.2) is 39.0 Å². The first kappa shape index (κ1) is 18.7. The minimum Gasteiger partial charge on any atom is -0.301 e. The molecular weight excluding hydrogens is 416 g/mol. The number of amides is 1. The number of nitrogens with one attached hydrogen (secondary N) is 2. The minimum atomic E-state index is -3.94. The van der Waals surface area contributed by atoms with Gasteiger partial charge in [0.2, 0.25) is 16.2 Å². The second-order valence-corrected chi connectivity index (χ2v) is 9.84. The summed E-state index contributed by atoms with van der Waals surface area (Å²) in [4.78, 5) is 11.0. The molecule has 0 aliphatic carbocycles. The standard InChI is InChI=1S/C13H12N6O3S4/c1-8(20)14-10-15-18-13(25-10)26(21,22)19-11-16-17-12(24-11)23-7-9-5-3-2-4-6-9/h2-6H,7H2,1H3,(H,16,19)(H,14,15,20). The fourth-order valence-electron chi connectivity index (χ4n) is 1.71. The van der Waals surface area contributed by atoms with Crippen LogP contribution in [0.5, 0.6) is 0 Å². The van der Waals surface area contributed by atoms with Gasteiger partial charge in [0, 0.05) is 12.7 Å². The first-order valence-electron chi connectivity index (χ1n) is 7.06. The molecule has 3 aromatic rings. The number of hydrogen-bond acceptors (Lipinski definition) is 10. The predicted octanol–water partition coefficient (Wildman–Crippen LogP) is 2.44. The van der Waals surface area contributed by atoms with Gasteiger partial charge in [-0.1, -0.05) is 64.8 Å². The van der Waals surface area contributed by atoms with Crippen LogP contribution in [0.25, 0.3) is 0 Å². The van der Waals surface area contributed by atoms with E-state index in [-0.39, 0.29) is 20.5 Å². The number of carbonyl (C=O) groups is 1. The number of nitrogens with zero attached hydrogens (tertiary/aromatic N) is 4. The molecule has 0 aliphatic rings. The van der Waals surface area contributed by atoms with Gasteiger partial charge in [0.1, 0.15) is 0 Å². The van der Waals surface area contributed by atoms with Gasteiger partial charge >= 0.3 is 0 Å². The lowest BCUT2D eigenvalue weighted by Gasteiger charge is -1.99. The van der Waals surface area contributed by atoms with E-state index in [1.165, 1.54) is 18.7 Å². The molecular formula is C13H12N6O3S4. The molecule has 0 bridgehead atoms. The maximum Gasteiger partial charge on any atom is 0.293 e. The van der Waals surface area contributed by atoms with Gasteiger partial charge in [0.05, 0.1) is 0 Å². The zero-order valence-corrected chi connectivity index (χ0v) is 16.5. The monoisotopic (exact) mass is 428 g/mol. The Balaban J connectivity index is 1.64. The largest absolute Gasteiger partial charge is 0.301 e. The third-order valence-corrected chi connectivity index (χ3v) is 7.47. The number of aromatic nitrogens is 4. The van der Waals surface area contributed by atoms with Gasteiger partial charge in [-0.15, -0.1) is 20.4 Å². The highest BCUT2D eigenvalue weighted by Crippen LogP contribution is 2.30. The Kier molecular flexibility index (Phi) is 5.80. The minimum absolute atomic E-state index is 0.106. The van der Waals surface area contributed by atoms with Gasteiger partial charge < -0.3 is 5.32 Å². The van der Waals surface area contributed by atoms with Crippen molar-refractivity contribution in [1.82, 2.24) is 20.4 Å². The van der Waals surface area contributed by atoms with Gasteiger partial charge in [0.15, 0.2) is 4.34 Å². The summed E-state index contributed by atoms with van der Waals surface area (Å²) in [6, 6.07) is 9.84. The molecule has 9 nitrogen and oxygen atoms in total. The molecule has 0 fully saturated rings. The second kappa shape index (κ2) is 8.07. The van der Waals surface area contributed by atoms with Crippen molar-refractivity contribution in [2.75, 3.05) is 10.0 Å². The van der Waals surface area contributed by atoms with Crippen molar-refractivity contribution in [3.05, 3.63) is 35.9 Å². The van der Waals surface area contributed by atoms with Crippen molar-refractivity contribution in [1.29, 1.82) is 0 Å². The van der Waals surface area contributed by atoms with Crippen LogP contribution in [0, 0.1) is 0 Å². The Morgan fingerprint density at radius 1 is 1.08 bits per heavy atom. The third-order valence-electron chi connectivity index (χ3n) is 2.75. The number of rotatable bonds is 7. The molecule has 1 amide bonds. The molecule has 3 rings (SSSR count). The summed E-state index contributed by atoms with van der Waals surface area (Å²) < 4.78 is 27.3. The normalized spacial score (nSPS) is 11.3. The van der Waals surface area contributed by atoms with Crippen LogP contribution >= 0.6 is 34.4 Å². The molecule has 26 heavy (non-hydrogen) atoms. The van der Waals surface area contributed by atoms with E-state index < -0.39 is 10.0 Å². The molecule has 0 saturated carbocycles. The Morgan fingerprint density at radius 2 is 1.81 bits per heavy atom. The molecule has 2 heterocycles. The lowest BCUT2D eigenvalue weighted by atomic mass is 10.2. The highest BCUT2D eigenvalue weighted by Gasteiger charge is 2.22. The number of benzene rings is 1. The summed E-state index contributed by atoms with van der Waals surface area (Å²) in [6.45, 7) is 1.30. The van der Waals surface area contributed by atoms with Crippen LogP contribution in [0.3, 0.4) is 0 Å². The van der Waals surface area contributed by atoms with Crippen LogP contribution in [0.2, 0.25) is 0 Å². The number of sulfonamides is 1. The summed E-state index contributed by atoms with van der Waals surface area (Å²) in [5.41, 5.74) is 1.13. The molecule has 0 spiro atoms. The average Bonchev–Trinajstić information content (AvgIpc) is 3.23. The summed E-state index contributed by atoms with van der Waals surface area (Å²) in [5, 5.41) is 17.6. The highest BCUT2D eigenvalue weighted by atomic mass is 32.2. The Morgan fingerprint density at radius 3 is 2.54 bits per heavy atom. The smallest absolute Gasteiger partial charge is 0.293 e. The maximum absolute atomic E-state index is 12.3. The highest BCUT2D eigenvalue weighted by molar-refractivity contribution is 8.00. The second-order valence-electron chi connectivity index (χ2n) is 4.81. The molecule has 0 unspecified atom stereocenters. The van der Waals surface area contributed by atoms with Gasteiger partial charge in [-0.05, 0) is 5.56 Å². The van der Waals surface area contributed by atoms with Gasteiger partial charge in [-0.25, -0.2) is 0 Å². The lowest BCUT2D eigenvalue weighted by Crippen LogP contribution is -2.12. The van der Waals surface area contributed by atoms with Crippen molar-refractivity contribution in [2.45, 2.75) is 21.4 Å². The lowest BCUT2D eigenvalue weighted by molar-refractivity contribution is -0.114. The van der Waals surface area contributed by atoms with Crippen LogP contribution in [0.4, 0.5) is 10.3 Å². The average molecular weight is 429 g/mol. The van der Waals surface area contributed by atoms with E-state index in [1.807, 2.05) is 30.3 Å². The molecule has 136 valence electrons. The first-order chi connectivity index (χ1) is 12.4. The molecule has 1 aromatic carbocycles. The van der Waals surface area contributed by atoms with E-state index in [1.54, 1.807) is 0 Å². The molecule has 2 N–H and O–H groups in total. The Labute approximate surface area is 161 Å². The fraction of sp³-hybridized carbons (Fsp3) is 0.154. The molecule has 0 atom stereocenters. The summed E-state index contributed by atoms with van der Waals surface area (Å²) >= 11 is 3.34. The summed E-state index contributed by atoms with van der Waals surface area (Å²) in [5.74, 6) is 0.348. The van der Waals surface area contributed by atoms with E-state index in [9.17, 15) is 13.2 Å². The number of carbonyl (C=O) groups excluding carboxylic acids is 1. The van der Waals surface area contributed by atoms with Crippen molar-refractivity contribution in [3.63, 3.8) is 0 Å². The Bertz CT molecular complexity index is 1000. The van der Waals surface area contributed by atoms with Crippen molar-refractivity contribution in [3.8, 4) is 0 Å². The molecule has 0 saturated heterocycles. The third kappa shape index (κ3) is 4.97. The number of anilines is 2. The fourth-order valence-corrected chi connectivity index (χ4v) is 5.59. The zero-order valence-electron chi connectivity index (χ0n) is 13.2. The molecule has 2 aromatic heterocycles. The maximum atomic E-state index is 12.3. The van der Waals surface area contributed by atoms with Crippen molar-refractivity contribution in [2.24, 2.45) is 0 Å². The summed E-state index contributed by atoms with van der Waals surface area (Å²) in [7, 11) is -3.94. The van der Waals surface area contributed by atoms with E-state index in [2.05, 4.69) is 30.4 Å². The van der Waals surface area contributed by atoms with Gasteiger partial charge in [0.25, 0.3) is 14.4 Å². The Hall–Kier alpha value is -2.09. The van der Waals surface area contributed by atoms with Crippen molar-refractivity contribution < 1.29 is 13.2 Å². The topological polar surface area (TPSA) is 127 Å². The van der Waals surface area contributed by atoms with E-state index in [0.717, 1.165) is 28.2 Å². The quantitative estimate of drug-likeness (QED) is 0.434. The van der Waals surface area contributed by atoms with Gasteiger partial charge in [-0.3, -0.25) is 9.52 Å². The van der Waals surface area contributed by atoms with Crippen molar-refractivity contribution >= 4 is 60.6 Å². The predicted molar refractivity (Wildman–Crippen MR) is 101 cm³/mol. The van der Waals surface area contributed by atoms with Crippen LogP contribution in [-0.4, -0.2) is 34.7 Å².